The largest absolute Gasteiger partial charge is 0.339 e. The van der Waals surface area contributed by atoms with Gasteiger partial charge in [0.1, 0.15) is 5.82 Å². The Morgan fingerprint density at radius 2 is 1.80 bits per heavy atom. The molecule has 0 bridgehead atoms. The van der Waals surface area contributed by atoms with Crippen molar-refractivity contribution in [1.29, 1.82) is 5.26 Å². The number of nitriles is 1. The van der Waals surface area contributed by atoms with Crippen LogP contribution in [0.4, 0.5) is 11.5 Å². The van der Waals surface area contributed by atoms with Gasteiger partial charge in [0.2, 0.25) is 0 Å². The summed E-state index contributed by atoms with van der Waals surface area (Å²) in [6.45, 7) is 0. The van der Waals surface area contributed by atoms with Crippen molar-refractivity contribution in [1.82, 2.24) is 4.98 Å². The molecule has 0 atom stereocenters. The lowest BCUT2D eigenvalue weighted by molar-refractivity contribution is 1.35. The number of aromatic nitrogens is 1. The molecule has 1 N–H and O–H groups in total. The zero-order chi connectivity index (χ0) is 13.9. The molecule has 0 aliphatic carbocycles. The molecule has 96 valence electrons. The molecule has 0 unspecified atom stereocenters. The van der Waals surface area contributed by atoms with Crippen LogP contribution >= 0.6 is 22.6 Å². The molecule has 3 nitrogen and oxygen atoms in total. The topological polar surface area (TPSA) is 48.7 Å². The van der Waals surface area contributed by atoms with Crippen molar-refractivity contribution in [3.63, 3.8) is 0 Å². The molecule has 0 spiro atoms. The fraction of sp³-hybridized carbons (Fsp3) is 0. The lowest BCUT2D eigenvalue weighted by atomic mass is 10.1. The van der Waals surface area contributed by atoms with Crippen LogP contribution in [0.2, 0.25) is 0 Å². The van der Waals surface area contributed by atoms with Crippen molar-refractivity contribution in [2.45, 2.75) is 0 Å². The van der Waals surface area contributed by atoms with Crippen LogP contribution in [-0.4, -0.2) is 4.98 Å². The number of halogens is 1. The van der Waals surface area contributed by atoms with E-state index in [-0.39, 0.29) is 0 Å². The smallest absolute Gasteiger partial charge is 0.132 e. The minimum absolute atomic E-state index is 0.629. The summed E-state index contributed by atoms with van der Waals surface area (Å²) in [6.07, 6.45) is 0. The number of fused-ring (bicyclic) bond motifs is 1. The molecule has 0 aliphatic rings. The standard InChI is InChI=1S/C16H10IN3/c17-13-6-2-4-8-15(13)20-16-9-11(10-18)12-5-1-3-7-14(12)19-16/h1-9H,(H,19,20). The maximum Gasteiger partial charge on any atom is 0.132 e. The van der Waals surface area contributed by atoms with Gasteiger partial charge in [0, 0.05) is 8.96 Å². The number of para-hydroxylation sites is 2. The van der Waals surface area contributed by atoms with Crippen LogP contribution < -0.4 is 5.32 Å². The third-order valence-electron chi connectivity index (χ3n) is 2.97. The number of pyridine rings is 1. The number of nitrogens with zero attached hydrogens (tertiary/aromatic N) is 2. The van der Waals surface area contributed by atoms with Crippen LogP contribution in [0.5, 0.6) is 0 Å². The first-order valence-corrected chi connectivity index (χ1v) is 7.17. The van der Waals surface area contributed by atoms with Crippen molar-refractivity contribution in [2.24, 2.45) is 0 Å². The maximum absolute atomic E-state index is 9.27. The number of hydrogen-bond donors (Lipinski definition) is 1. The molecule has 1 aromatic heterocycles. The van der Waals surface area contributed by atoms with Gasteiger partial charge in [0.05, 0.1) is 22.8 Å². The van der Waals surface area contributed by atoms with E-state index >= 15 is 0 Å². The SMILES string of the molecule is N#Cc1cc(Nc2ccccc2I)nc2ccccc12. The molecular formula is C16H10IN3. The van der Waals surface area contributed by atoms with E-state index in [1.807, 2.05) is 48.5 Å². The number of hydrogen-bond acceptors (Lipinski definition) is 3. The Labute approximate surface area is 130 Å². The summed E-state index contributed by atoms with van der Waals surface area (Å²) in [4.78, 5) is 4.55. The predicted octanol–water partition coefficient (Wildman–Crippen LogP) is 4.45. The van der Waals surface area contributed by atoms with Gasteiger partial charge in [-0.15, -0.1) is 0 Å². The summed E-state index contributed by atoms with van der Waals surface area (Å²) in [5, 5.41) is 13.4. The summed E-state index contributed by atoms with van der Waals surface area (Å²) in [5.41, 5.74) is 2.43. The van der Waals surface area contributed by atoms with E-state index in [4.69, 9.17) is 0 Å². The first-order chi connectivity index (χ1) is 9.78. The van der Waals surface area contributed by atoms with Crippen molar-refractivity contribution in [2.75, 3.05) is 5.32 Å². The molecule has 0 radical (unpaired) electrons. The second-order valence-electron chi connectivity index (χ2n) is 4.29. The summed E-state index contributed by atoms with van der Waals surface area (Å²) in [7, 11) is 0. The van der Waals surface area contributed by atoms with Gasteiger partial charge in [-0.2, -0.15) is 5.26 Å². The first-order valence-electron chi connectivity index (χ1n) is 6.09. The van der Waals surface area contributed by atoms with Gasteiger partial charge in [-0.05, 0) is 46.9 Å². The number of rotatable bonds is 2. The van der Waals surface area contributed by atoms with Crippen LogP contribution in [-0.2, 0) is 0 Å². The first kappa shape index (κ1) is 12.9. The molecule has 4 heteroatoms. The van der Waals surface area contributed by atoms with Crippen molar-refractivity contribution >= 4 is 45.0 Å². The van der Waals surface area contributed by atoms with E-state index in [2.05, 4.69) is 39.0 Å². The van der Waals surface area contributed by atoms with Gasteiger partial charge in [0.25, 0.3) is 0 Å². The quantitative estimate of drug-likeness (QED) is 0.677. The van der Waals surface area contributed by atoms with E-state index in [9.17, 15) is 5.26 Å². The van der Waals surface area contributed by atoms with E-state index in [0.717, 1.165) is 20.2 Å². The average molecular weight is 371 g/mol. The molecule has 0 saturated heterocycles. The zero-order valence-corrected chi connectivity index (χ0v) is 12.6. The molecule has 20 heavy (non-hydrogen) atoms. The Bertz CT molecular complexity index is 821. The normalized spacial score (nSPS) is 10.2. The van der Waals surface area contributed by atoms with Gasteiger partial charge < -0.3 is 5.32 Å². The summed E-state index contributed by atoms with van der Waals surface area (Å²) in [6, 6.07) is 19.6. The molecule has 0 aliphatic heterocycles. The monoisotopic (exact) mass is 371 g/mol. The molecule has 1 heterocycles. The fourth-order valence-electron chi connectivity index (χ4n) is 2.03. The van der Waals surface area contributed by atoms with Gasteiger partial charge in [-0.1, -0.05) is 30.3 Å². The molecule has 0 amide bonds. The average Bonchev–Trinajstić information content (AvgIpc) is 2.49. The summed E-state index contributed by atoms with van der Waals surface area (Å²) < 4.78 is 1.11. The highest BCUT2D eigenvalue weighted by Crippen LogP contribution is 2.25. The number of benzene rings is 2. The molecule has 0 saturated carbocycles. The van der Waals surface area contributed by atoms with E-state index < -0.39 is 0 Å². The Balaban J connectivity index is 2.09. The molecule has 3 rings (SSSR count). The molecular weight excluding hydrogens is 361 g/mol. The van der Waals surface area contributed by atoms with Gasteiger partial charge in [0.15, 0.2) is 0 Å². The van der Waals surface area contributed by atoms with Gasteiger partial charge in [-0.3, -0.25) is 0 Å². The van der Waals surface area contributed by atoms with Crippen molar-refractivity contribution in [3.8, 4) is 6.07 Å². The van der Waals surface area contributed by atoms with Crippen LogP contribution in [0, 0.1) is 14.9 Å². The second-order valence-corrected chi connectivity index (χ2v) is 5.45. The Kier molecular flexibility index (Phi) is 3.52. The van der Waals surface area contributed by atoms with Crippen molar-refractivity contribution in [3.05, 3.63) is 63.7 Å². The van der Waals surface area contributed by atoms with Gasteiger partial charge >= 0.3 is 0 Å². The lowest BCUT2D eigenvalue weighted by Gasteiger charge is -2.09. The zero-order valence-electron chi connectivity index (χ0n) is 10.5. The predicted molar refractivity (Wildman–Crippen MR) is 88.9 cm³/mol. The number of nitrogens with one attached hydrogen (secondary N) is 1. The minimum Gasteiger partial charge on any atom is -0.339 e. The van der Waals surface area contributed by atoms with Crippen LogP contribution in [0.3, 0.4) is 0 Å². The van der Waals surface area contributed by atoms with E-state index in [0.29, 0.717) is 11.4 Å². The van der Waals surface area contributed by atoms with Gasteiger partial charge in [-0.25, -0.2) is 4.98 Å². The maximum atomic E-state index is 9.27. The highest BCUT2D eigenvalue weighted by atomic mass is 127. The molecule has 2 aromatic carbocycles. The van der Waals surface area contributed by atoms with Crippen molar-refractivity contribution < 1.29 is 0 Å². The van der Waals surface area contributed by atoms with E-state index in [1.165, 1.54) is 0 Å². The highest BCUT2D eigenvalue weighted by Gasteiger charge is 2.06. The van der Waals surface area contributed by atoms with Crippen LogP contribution in [0.1, 0.15) is 5.56 Å². The summed E-state index contributed by atoms with van der Waals surface area (Å²) >= 11 is 2.27. The Morgan fingerprint density at radius 3 is 2.60 bits per heavy atom. The van der Waals surface area contributed by atoms with E-state index in [1.54, 1.807) is 6.07 Å². The number of anilines is 2. The highest BCUT2D eigenvalue weighted by molar-refractivity contribution is 14.1. The second kappa shape index (κ2) is 5.47. The summed E-state index contributed by atoms with van der Waals surface area (Å²) in [5.74, 6) is 0.685. The Morgan fingerprint density at radius 1 is 1.05 bits per heavy atom. The molecule has 3 aromatic rings. The molecule has 0 fully saturated rings. The van der Waals surface area contributed by atoms with Crippen LogP contribution in [0.25, 0.3) is 10.9 Å². The third kappa shape index (κ3) is 2.45. The van der Waals surface area contributed by atoms with Crippen LogP contribution in [0.15, 0.2) is 54.6 Å². The Hall–Kier alpha value is -2.13. The fourth-order valence-corrected chi connectivity index (χ4v) is 2.55. The third-order valence-corrected chi connectivity index (χ3v) is 3.91. The minimum atomic E-state index is 0.629. The lowest BCUT2D eigenvalue weighted by Crippen LogP contribution is -1.97.